The number of aromatic nitrogens is 3. The maximum atomic E-state index is 5.35. The lowest BCUT2D eigenvalue weighted by atomic mass is 10.1. The fourth-order valence-corrected chi connectivity index (χ4v) is 2.63. The maximum absolute atomic E-state index is 5.35. The third kappa shape index (κ3) is 3.81. The van der Waals surface area contributed by atoms with Gasteiger partial charge < -0.3 is 9.47 Å². The summed E-state index contributed by atoms with van der Waals surface area (Å²) in [5, 5.41) is 7.37. The Balaban J connectivity index is 1.74. The summed E-state index contributed by atoms with van der Waals surface area (Å²) in [5.41, 5.74) is 3.22. The summed E-state index contributed by atoms with van der Waals surface area (Å²) in [6.07, 6.45) is 1.77. The van der Waals surface area contributed by atoms with E-state index in [-0.39, 0.29) is 0 Å². The molecule has 5 nitrogen and oxygen atoms in total. The van der Waals surface area contributed by atoms with Crippen molar-refractivity contribution >= 4 is 0 Å². The van der Waals surface area contributed by atoms with Crippen LogP contribution in [0.25, 0.3) is 11.4 Å². The summed E-state index contributed by atoms with van der Waals surface area (Å²) in [7, 11) is 3.32. The van der Waals surface area contributed by atoms with Crippen LogP contribution in [0.3, 0.4) is 0 Å². The molecule has 0 aliphatic heterocycles. The molecule has 3 rings (SSSR count). The molecule has 0 radical (unpaired) electrons. The Bertz CT molecular complexity index is 784. The van der Waals surface area contributed by atoms with Gasteiger partial charge in [-0.3, -0.25) is 5.10 Å². The van der Waals surface area contributed by atoms with Gasteiger partial charge in [-0.05, 0) is 30.2 Å². The highest BCUT2D eigenvalue weighted by Gasteiger charge is 2.10. The van der Waals surface area contributed by atoms with Gasteiger partial charge in [0.05, 0.1) is 13.7 Å². The number of nitrogens with one attached hydrogen (secondary N) is 1. The van der Waals surface area contributed by atoms with Crippen molar-refractivity contribution in [2.45, 2.75) is 19.4 Å². The average molecular weight is 323 g/mol. The molecule has 0 spiro atoms. The van der Waals surface area contributed by atoms with Crippen LogP contribution in [-0.4, -0.2) is 29.4 Å². The van der Waals surface area contributed by atoms with Crippen LogP contribution in [0.1, 0.15) is 17.0 Å². The first-order chi connectivity index (χ1) is 11.8. The molecule has 1 N–H and O–H groups in total. The van der Waals surface area contributed by atoms with E-state index >= 15 is 0 Å². The number of hydrogen-bond acceptors (Lipinski definition) is 4. The van der Waals surface area contributed by atoms with Gasteiger partial charge in [0.2, 0.25) is 0 Å². The van der Waals surface area contributed by atoms with E-state index in [1.165, 1.54) is 5.56 Å². The molecule has 0 unspecified atom stereocenters. The van der Waals surface area contributed by atoms with Gasteiger partial charge in [0.1, 0.15) is 11.6 Å². The normalized spacial score (nSPS) is 10.8. The van der Waals surface area contributed by atoms with E-state index in [4.69, 9.17) is 9.47 Å². The summed E-state index contributed by atoms with van der Waals surface area (Å²) < 4.78 is 10.6. The number of nitrogens with zero attached hydrogens (tertiary/aromatic N) is 2. The lowest BCUT2D eigenvalue weighted by Gasteiger charge is -2.08. The van der Waals surface area contributed by atoms with Gasteiger partial charge in [0, 0.05) is 24.7 Å². The first kappa shape index (κ1) is 16.2. The molecule has 0 atom stereocenters. The average Bonchev–Trinajstić information content (AvgIpc) is 3.10. The van der Waals surface area contributed by atoms with Crippen LogP contribution < -0.4 is 4.74 Å². The molecule has 5 heteroatoms. The van der Waals surface area contributed by atoms with Crippen molar-refractivity contribution in [3.63, 3.8) is 0 Å². The number of H-pyrrole nitrogens is 1. The Hall–Kier alpha value is -2.66. The molecule has 0 fully saturated rings. The number of hydrogen-bond donors (Lipinski definition) is 1. The topological polar surface area (TPSA) is 60.0 Å². The molecule has 0 saturated heterocycles. The first-order valence-corrected chi connectivity index (χ1v) is 7.91. The van der Waals surface area contributed by atoms with Gasteiger partial charge in [-0.25, -0.2) is 4.98 Å². The molecule has 0 aliphatic carbocycles. The second-order valence-electron chi connectivity index (χ2n) is 5.55. The third-order valence-electron chi connectivity index (χ3n) is 3.86. The van der Waals surface area contributed by atoms with Crippen LogP contribution in [0.15, 0.2) is 48.5 Å². The predicted octanol–water partition coefficient (Wildman–Crippen LogP) is 3.41. The Morgan fingerprint density at radius 1 is 1.00 bits per heavy atom. The van der Waals surface area contributed by atoms with Gasteiger partial charge in [-0.1, -0.05) is 30.3 Å². The lowest BCUT2D eigenvalue weighted by Crippen LogP contribution is -1.95. The second-order valence-corrected chi connectivity index (χ2v) is 5.55. The van der Waals surface area contributed by atoms with E-state index in [9.17, 15) is 0 Å². The molecular formula is C19H21N3O2. The van der Waals surface area contributed by atoms with Crippen LogP contribution in [-0.2, 0) is 24.2 Å². The molecule has 3 aromatic rings. The van der Waals surface area contributed by atoms with Crippen molar-refractivity contribution in [1.82, 2.24) is 15.2 Å². The summed E-state index contributed by atoms with van der Waals surface area (Å²) in [6.45, 7) is 0.488. The minimum Gasteiger partial charge on any atom is -0.496 e. The zero-order valence-corrected chi connectivity index (χ0v) is 14.0. The van der Waals surface area contributed by atoms with Crippen LogP contribution >= 0.6 is 0 Å². The Morgan fingerprint density at radius 2 is 1.83 bits per heavy atom. The number of benzene rings is 2. The monoisotopic (exact) mass is 323 g/mol. The number of aromatic amines is 1. The molecule has 0 bridgehead atoms. The fourth-order valence-electron chi connectivity index (χ4n) is 2.63. The Labute approximate surface area is 141 Å². The molecular weight excluding hydrogens is 302 g/mol. The van der Waals surface area contributed by atoms with Gasteiger partial charge in [-0.15, -0.1) is 0 Å². The first-order valence-electron chi connectivity index (χ1n) is 7.91. The van der Waals surface area contributed by atoms with Crippen molar-refractivity contribution in [2.24, 2.45) is 0 Å². The van der Waals surface area contributed by atoms with Gasteiger partial charge >= 0.3 is 0 Å². The van der Waals surface area contributed by atoms with Gasteiger partial charge in [0.15, 0.2) is 5.82 Å². The number of aryl methyl sites for hydroxylation is 2. The van der Waals surface area contributed by atoms with E-state index < -0.39 is 0 Å². The number of ether oxygens (including phenoxy) is 2. The highest BCUT2D eigenvalue weighted by Crippen LogP contribution is 2.25. The summed E-state index contributed by atoms with van der Waals surface area (Å²) in [4.78, 5) is 4.60. The lowest BCUT2D eigenvalue weighted by molar-refractivity contribution is 0.181. The van der Waals surface area contributed by atoms with E-state index in [0.29, 0.717) is 12.4 Å². The zero-order valence-electron chi connectivity index (χ0n) is 14.0. The Morgan fingerprint density at radius 3 is 2.58 bits per heavy atom. The SMILES string of the molecule is COCc1cc(-c2n[nH]c(CCc3ccccc3)n2)ccc1OC. The molecule has 0 aliphatic rings. The highest BCUT2D eigenvalue weighted by molar-refractivity contribution is 5.58. The van der Waals surface area contributed by atoms with Crippen molar-refractivity contribution in [2.75, 3.05) is 14.2 Å². The molecule has 1 aromatic heterocycles. The molecule has 1 heterocycles. The molecule has 0 amide bonds. The van der Waals surface area contributed by atoms with Crippen molar-refractivity contribution in [3.8, 4) is 17.1 Å². The number of rotatable bonds is 7. The minimum absolute atomic E-state index is 0.488. The van der Waals surface area contributed by atoms with E-state index in [0.717, 1.165) is 35.5 Å². The van der Waals surface area contributed by atoms with E-state index in [1.807, 2.05) is 24.3 Å². The largest absolute Gasteiger partial charge is 0.496 e. The van der Waals surface area contributed by atoms with E-state index in [1.54, 1.807) is 14.2 Å². The zero-order chi connectivity index (χ0) is 16.8. The quantitative estimate of drug-likeness (QED) is 0.724. The maximum Gasteiger partial charge on any atom is 0.181 e. The van der Waals surface area contributed by atoms with Crippen molar-refractivity contribution in [1.29, 1.82) is 0 Å². The smallest absolute Gasteiger partial charge is 0.181 e. The predicted molar refractivity (Wildman–Crippen MR) is 92.9 cm³/mol. The Kier molecular flexibility index (Phi) is 5.23. The summed E-state index contributed by atoms with van der Waals surface area (Å²) in [6, 6.07) is 16.3. The number of methoxy groups -OCH3 is 2. The van der Waals surface area contributed by atoms with Crippen molar-refractivity contribution < 1.29 is 9.47 Å². The summed E-state index contributed by atoms with van der Waals surface area (Å²) >= 11 is 0. The van der Waals surface area contributed by atoms with Gasteiger partial charge in [0.25, 0.3) is 0 Å². The van der Waals surface area contributed by atoms with Crippen LogP contribution in [0.2, 0.25) is 0 Å². The molecule has 2 aromatic carbocycles. The standard InChI is InChI=1S/C19H21N3O2/c1-23-13-16-12-15(9-10-17(16)24-2)19-20-18(21-22-19)11-8-14-6-4-3-5-7-14/h3-7,9-10,12H,8,11,13H2,1-2H3,(H,20,21,22). The van der Waals surface area contributed by atoms with Crippen LogP contribution in [0.4, 0.5) is 0 Å². The highest BCUT2D eigenvalue weighted by atomic mass is 16.5. The third-order valence-corrected chi connectivity index (χ3v) is 3.86. The summed E-state index contributed by atoms with van der Waals surface area (Å²) in [5.74, 6) is 2.39. The van der Waals surface area contributed by atoms with Crippen LogP contribution in [0.5, 0.6) is 5.75 Å². The van der Waals surface area contributed by atoms with E-state index in [2.05, 4.69) is 39.4 Å². The van der Waals surface area contributed by atoms with Gasteiger partial charge in [-0.2, -0.15) is 5.10 Å². The second kappa shape index (κ2) is 7.75. The minimum atomic E-state index is 0.488. The van der Waals surface area contributed by atoms with Crippen LogP contribution in [0, 0.1) is 0 Å². The molecule has 24 heavy (non-hydrogen) atoms. The fraction of sp³-hybridized carbons (Fsp3) is 0.263. The molecule has 0 saturated carbocycles. The van der Waals surface area contributed by atoms with Crippen molar-refractivity contribution in [3.05, 3.63) is 65.5 Å². The molecule has 124 valence electrons.